The van der Waals surface area contributed by atoms with Crippen LogP contribution >= 0.6 is 11.6 Å². The van der Waals surface area contributed by atoms with Crippen molar-refractivity contribution in [3.8, 4) is 5.75 Å². The van der Waals surface area contributed by atoms with Crippen LogP contribution in [0.25, 0.3) is 0 Å². The quantitative estimate of drug-likeness (QED) is 0.267. The molecule has 0 bridgehead atoms. The number of carbonyl (C=O) groups is 1. The normalized spacial score (nSPS) is 16.1. The molecule has 0 saturated heterocycles. The van der Waals surface area contributed by atoms with E-state index >= 15 is 0 Å². The second-order valence-electron chi connectivity index (χ2n) is 6.88. The summed E-state index contributed by atoms with van der Waals surface area (Å²) in [6.07, 6.45) is 1.59. The number of dihydropyridines is 1. The van der Waals surface area contributed by atoms with E-state index in [-0.39, 0.29) is 33.4 Å². The molecule has 0 spiro atoms. The number of aliphatic imine (C=N–C) groups is 1. The monoisotopic (exact) mass is 609 g/mol. The molecule has 0 amide bonds. The Morgan fingerprint density at radius 1 is 1.21 bits per heavy atom. The van der Waals surface area contributed by atoms with Crippen molar-refractivity contribution in [2.24, 2.45) is 4.99 Å². The molecule has 2 aromatic carbocycles. The van der Waals surface area contributed by atoms with E-state index in [4.69, 9.17) is 23.6 Å². The number of esters is 1. The van der Waals surface area contributed by atoms with Gasteiger partial charge in [0.25, 0.3) is 0 Å². The van der Waals surface area contributed by atoms with Crippen LogP contribution in [0, 0.1) is 12.7 Å². The molecule has 0 aliphatic carbocycles. The van der Waals surface area contributed by atoms with Gasteiger partial charge >= 0.3 is 208 Å². The van der Waals surface area contributed by atoms with Gasteiger partial charge in [-0.3, -0.25) is 0 Å². The molecule has 1 N–H and O–H groups in total. The molecule has 33 heavy (non-hydrogen) atoms. The SMILES string of the molecule is COC(=O)C1=NC(c2ccc(Cl)c(OC)c2F)CC(N[I-]OS(=O)(=O)c2ccc(C)cc2)=C1. The van der Waals surface area contributed by atoms with E-state index in [1.807, 2.05) is 6.92 Å². The van der Waals surface area contributed by atoms with E-state index in [1.165, 1.54) is 44.6 Å². The summed E-state index contributed by atoms with van der Waals surface area (Å²) in [5.74, 6) is -1.54. The molecule has 0 radical (unpaired) electrons. The Bertz CT molecular complexity index is 1220. The Kier molecular flexibility index (Phi) is 8.32. The Labute approximate surface area is 207 Å². The third kappa shape index (κ3) is 6.02. The molecule has 0 saturated carbocycles. The van der Waals surface area contributed by atoms with Gasteiger partial charge in [0.15, 0.2) is 0 Å². The van der Waals surface area contributed by atoms with Crippen LogP contribution in [0.3, 0.4) is 0 Å². The third-order valence-corrected chi connectivity index (χ3v) is 8.89. The van der Waals surface area contributed by atoms with Crippen molar-refractivity contribution >= 4 is 33.4 Å². The fourth-order valence-electron chi connectivity index (χ4n) is 2.98. The second-order valence-corrected chi connectivity index (χ2v) is 10.9. The van der Waals surface area contributed by atoms with Crippen molar-refractivity contribution in [3.63, 3.8) is 0 Å². The first kappa shape index (κ1) is 25.4. The summed E-state index contributed by atoms with van der Waals surface area (Å²) in [5.41, 5.74) is 1.49. The molecule has 1 unspecified atom stereocenters. The van der Waals surface area contributed by atoms with Gasteiger partial charge in [0.05, 0.1) is 0 Å². The van der Waals surface area contributed by atoms with E-state index in [0.29, 0.717) is 5.70 Å². The first-order valence-corrected chi connectivity index (χ1v) is 13.2. The Balaban J connectivity index is 1.80. The molecular formula is C21H20ClFIN2O6S-. The first-order chi connectivity index (χ1) is 15.7. The third-order valence-electron chi connectivity index (χ3n) is 4.64. The predicted molar refractivity (Wildman–Crippen MR) is 115 cm³/mol. The number of halogens is 3. The number of hydrogen-bond acceptors (Lipinski definition) is 8. The molecule has 12 heteroatoms. The van der Waals surface area contributed by atoms with E-state index in [0.717, 1.165) is 5.56 Å². The second kappa shape index (κ2) is 10.8. The van der Waals surface area contributed by atoms with Crippen molar-refractivity contribution in [3.05, 3.63) is 70.1 Å². The number of carbonyl (C=O) groups excluding carboxylic acids is 1. The Morgan fingerprint density at radius 3 is 2.55 bits per heavy atom. The average molecular weight is 610 g/mol. The zero-order chi connectivity index (χ0) is 24.2. The number of aryl methyl sites for hydroxylation is 1. The zero-order valence-electron chi connectivity index (χ0n) is 17.8. The topological polar surface area (TPSA) is 103 Å². The van der Waals surface area contributed by atoms with Gasteiger partial charge in [-0.25, -0.2) is 0 Å². The van der Waals surface area contributed by atoms with Crippen molar-refractivity contribution in [1.29, 1.82) is 0 Å². The molecule has 1 heterocycles. The minimum atomic E-state index is -3.95. The fourth-order valence-corrected chi connectivity index (χ4v) is 6.13. The van der Waals surface area contributed by atoms with Crippen LogP contribution in [0.15, 0.2) is 58.1 Å². The number of hydrogen-bond donors (Lipinski definition) is 1. The molecule has 0 fully saturated rings. The summed E-state index contributed by atoms with van der Waals surface area (Å²) in [7, 11) is -1.46. The van der Waals surface area contributed by atoms with Gasteiger partial charge in [-0.05, 0) is 0 Å². The Morgan fingerprint density at radius 2 is 1.91 bits per heavy atom. The molecule has 0 aromatic heterocycles. The van der Waals surface area contributed by atoms with Crippen molar-refractivity contribution < 1.29 is 51.5 Å². The maximum absolute atomic E-state index is 14.9. The van der Waals surface area contributed by atoms with Gasteiger partial charge in [0, 0.05) is 0 Å². The van der Waals surface area contributed by atoms with Gasteiger partial charge in [0.1, 0.15) is 0 Å². The molecule has 1 aliphatic heterocycles. The average Bonchev–Trinajstić information content (AvgIpc) is 2.79. The van der Waals surface area contributed by atoms with Crippen LogP contribution in [-0.2, 0) is 22.2 Å². The van der Waals surface area contributed by atoms with E-state index < -0.39 is 49.8 Å². The van der Waals surface area contributed by atoms with Crippen LogP contribution < -0.4 is 30.2 Å². The number of nitrogens with zero attached hydrogens (tertiary/aromatic N) is 1. The fraction of sp³-hybridized carbons (Fsp3) is 0.238. The molecule has 8 nitrogen and oxygen atoms in total. The van der Waals surface area contributed by atoms with Crippen LogP contribution in [0.2, 0.25) is 5.02 Å². The molecule has 3 rings (SSSR count). The maximum atomic E-state index is 14.9. The van der Waals surface area contributed by atoms with Crippen molar-refractivity contribution in [2.75, 3.05) is 14.2 Å². The number of ether oxygens (including phenoxy) is 2. The summed E-state index contributed by atoms with van der Waals surface area (Å²) in [5, 5.41) is 0.0983. The standard InChI is InChI=1S/C21H20ClFIN2O6S/c1-12-4-6-14(7-5-12)33(28,29)32-24-26-13-10-17(25-18(11-13)21(27)31-3)15-8-9-16(22)20(30-2)19(15)23/h4-9,11,17,26H,10H2,1-3H3/q-1. The van der Waals surface area contributed by atoms with Crippen LogP contribution in [0.4, 0.5) is 4.39 Å². The first-order valence-electron chi connectivity index (χ1n) is 9.45. The van der Waals surface area contributed by atoms with Crippen LogP contribution in [0.5, 0.6) is 5.75 Å². The molecule has 1 aliphatic rings. The van der Waals surface area contributed by atoms with Gasteiger partial charge in [-0.15, -0.1) is 0 Å². The van der Waals surface area contributed by atoms with Gasteiger partial charge in [-0.2, -0.15) is 0 Å². The minimum absolute atomic E-state index is 0.0391. The summed E-state index contributed by atoms with van der Waals surface area (Å²) < 4.78 is 57.6. The van der Waals surface area contributed by atoms with Gasteiger partial charge in [-0.1, -0.05) is 0 Å². The van der Waals surface area contributed by atoms with Crippen LogP contribution in [0.1, 0.15) is 23.6 Å². The number of benzene rings is 2. The van der Waals surface area contributed by atoms with Gasteiger partial charge in [0.2, 0.25) is 0 Å². The van der Waals surface area contributed by atoms with E-state index in [9.17, 15) is 17.6 Å². The number of rotatable bonds is 8. The number of methoxy groups -OCH3 is 2. The summed E-state index contributed by atoms with van der Waals surface area (Å²) >= 11 is 4.44. The predicted octanol–water partition coefficient (Wildman–Crippen LogP) is 0.653. The van der Waals surface area contributed by atoms with Crippen LogP contribution in [-0.4, -0.2) is 34.3 Å². The summed E-state index contributed by atoms with van der Waals surface area (Å²) in [6, 6.07) is 8.40. The molecule has 1 atom stereocenters. The molecule has 2 aromatic rings. The van der Waals surface area contributed by atoms with Crippen molar-refractivity contribution in [2.45, 2.75) is 24.3 Å². The Hall–Kier alpha value is -2.22. The van der Waals surface area contributed by atoms with Crippen molar-refractivity contribution in [1.82, 2.24) is 3.53 Å². The van der Waals surface area contributed by atoms with Gasteiger partial charge < -0.3 is 0 Å². The number of nitrogens with one attached hydrogen (secondary N) is 1. The van der Waals surface area contributed by atoms with E-state index in [2.05, 4.69) is 8.52 Å². The molecule has 178 valence electrons. The zero-order valence-corrected chi connectivity index (χ0v) is 21.5. The van der Waals surface area contributed by atoms with E-state index in [1.54, 1.807) is 12.1 Å². The molecular weight excluding hydrogens is 590 g/mol. The summed E-state index contributed by atoms with van der Waals surface area (Å²) in [4.78, 5) is 16.4. The summed E-state index contributed by atoms with van der Waals surface area (Å²) in [6.45, 7) is 1.84.